The molecule has 1 N–H and O–H groups in total. The minimum atomic E-state index is -0.280. The van der Waals surface area contributed by atoms with E-state index in [1.165, 1.54) is 0 Å². The molecule has 0 saturated heterocycles. The molecule has 7 heteroatoms. The number of rotatable bonds is 2. The van der Waals surface area contributed by atoms with Gasteiger partial charge in [0, 0.05) is 16.9 Å². The van der Waals surface area contributed by atoms with Crippen molar-refractivity contribution >= 4 is 44.9 Å². The third-order valence-corrected chi connectivity index (χ3v) is 3.63. The van der Waals surface area contributed by atoms with Crippen molar-refractivity contribution in [2.45, 2.75) is 6.92 Å². The van der Waals surface area contributed by atoms with Crippen LogP contribution in [0.15, 0.2) is 41.1 Å². The van der Waals surface area contributed by atoms with Crippen LogP contribution in [0.3, 0.4) is 0 Å². The van der Waals surface area contributed by atoms with Crippen LogP contribution in [0.2, 0.25) is 5.02 Å². The number of nitrogens with zero attached hydrogens (tertiary/aromatic N) is 3. The highest BCUT2D eigenvalue weighted by Gasteiger charge is 2.17. The molecule has 0 saturated carbocycles. The molecule has 0 bridgehead atoms. The number of aryl methyl sites for hydroxylation is 1. The molecule has 0 spiro atoms. The first-order valence-electron chi connectivity index (χ1n) is 6.12. The smallest absolute Gasteiger partial charge is 0.275 e. The molecule has 1 amide bonds. The Labute approximate surface area is 134 Å². The van der Waals surface area contributed by atoms with Crippen molar-refractivity contribution in [3.05, 3.63) is 57.5 Å². The second-order valence-corrected chi connectivity index (χ2v) is 5.79. The lowest BCUT2D eigenvalue weighted by molar-refractivity contribution is 0.102. The molecule has 3 aromatic heterocycles. The van der Waals surface area contributed by atoms with E-state index < -0.39 is 0 Å². The molecular formula is C14H10BrClN4O. The number of hydrogen-bond acceptors (Lipinski definition) is 3. The van der Waals surface area contributed by atoms with Crippen molar-refractivity contribution in [3.8, 4) is 0 Å². The molecular weight excluding hydrogens is 356 g/mol. The van der Waals surface area contributed by atoms with Gasteiger partial charge >= 0.3 is 0 Å². The van der Waals surface area contributed by atoms with E-state index in [1.54, 1.807) is 48.0 Å². The number of aromatic nitrogens is 3. The van der Waals surface area contributed by atoms with E-state index >= 15 is 0 Å². The van der Waals surface area contributed by atoms with Crippen molar-refractivity contribution in [2.75, 3.05) is 5.32 Å². The number of fused-ring (bicyclic) bond motifs is 1. The summed E-state index contributed by atoms with van der Waals surface area (Å²) in [5, 5.41) is 3.29. The van der Waals surface area contributed by atoms with Crippen molar-refractivity contribution in [1.29, 1.82) is 0 Å². The molecule has 0 aliphatic heterocycles. The van der Waals surface area contributed by atoms with Crippen LogP contribution in [-0.2, 0) is 0 Å². The summed E-state index contributed by atoms with van der Waals surface area (Å²) >= 11 is 9.28. The number of halogens is 2. The Morgan fingerprint density at radius 2 is 2.14 bits per heavy atom. The summed E-state index contributed by atoms with van der Waals surface area (Å²) in [4.78, 5) is 20.9. The molecule has 0 fully saturated rings. The number of carbonyl (C=O) groups excluding carboxylic acids is 1. The Balaban J connectivity index is 1.99. The maximum atomic E-state index is 12.4. The number of imidazole rings is 1. The van der Waals surface area contributed by atoms with Crippen LogP contribution in [0, 0.1) is 6.92 Å². The molecule has 21 heavy (non-hydrogen) atoms. The number of hydrogen-bond donors (Lipinski definition) is 1. The van der Waals surface area contributed by atoms with Gasteiger partial charge in [0.15, 0.2) is 0 Å². The predicted molar refractivity (Wildman–Crippen MR) is 84.8 cm³/mol. The Morgan fingerprint density at radius 3 is 2.86 bits per heavy atom. The molecule has 0 aliphatic carbocycles. The molecule has 5 nitrogen and oxygen atoms in total. The third kappa shape index (κ3) is 2.77. The molecule has 3 heterocycles. The second-order valence-electron chi connectivity index (χ2n) is 4.44. The van der Waals surface area contributed by atoms with Crippen molar-refractivity contribution < 1.29 is 4.79 Å². The van der Waals surface area contributed by atoms with Gasteiger partial charge in [-0.15, -0.1) is 0 Å². The van der Waals surface area contributed by atoms with Crippen LogP contribution < -0.4 is 5.32 Å². The summed E-state index contributed by atoms with van der Waals surface area (Å²) in [6.07, 6.45) is 3.29. The summed E-state index contributed by atoms with van der Waals surface area (Å²) in [7, 11) is 0. The summed E-state index contributed by atoms with van der Waals surface area (Å²) < 4.78 is 2.52. The minimum Gasteiger partial charge on any atom is -0.305 e. The molecule has 0 radical (unpaired) electrons. The van der Waals surface area contributed by atoms with Crippen LogP contribution in [0.25, 0.3) is 5.65 Å². The van der Waals surface area contributed by atoms with Gasteiger partial charge in [0.1, 0.15) is 17.2 Å². The van der Waals surface area contributed by atoms with Crippen LogP contribution in [0.5, 0.6) is 0 Å². The van der Waals surface area contributed by atoms with Gasteiger partial charge in [-0.1, -0.05) is 11.6 Å². The average Bonchev–Trinajstić information content (AvgIpc) is 2.76. The lowest BCUT2D eigenvalue weighted by Gasteiger charge is -2.05. The highest BCUT2D eigenvalue weighted by molar-refractivity contribution is 9.10. The Hall–Kier alpha value is -1.92. The fourth-order valence-corrected chi connectivity index (χ4v) is 2.43. The Kier molecular flexibility index (Phi) is 3.65. The van der Waals surface area contributed by atoms with E-state index in [-0.39, 0.29) is 5.91 Å². The van der Waals surface area contributed by atoms with E-state index in [2.05, 4.69) is 31.2 Å². The average molecular weight is 366 g/mol. The van der Waals surface area contributed by atoms with Crippen LogP contribution in [0.1, 0.15) is 16.2 Å². The molecule has 3 rings (SSSR count). The first-order chi connectivity index (χ1) is 10.0. The second kappa shape index (κ2) is 5.46. The monoisotopic (exact) mass is 364 g/mol. The highest BCUT2D eigenvalue weighted by Crippen LogP contribution is 2.18. The lowest BCUT2D eigenvalue weighted by atomic mass is 10.3. The zero-order valence-corrected chi connectivity index (χ0v) is 13.3. The maximum absolute atomic E-state index is 12.4. The van der Waals surface area contributed by atoms with Gasteiger partial charge in [0.2, 0.25) is 0 Å². The fraction of sp³-hybridized carbons (Fsp3) is 0.0714. The van der Waals surface area contributed by atoms with Crippen molar-refractivity contribution in [1.82, 2.24) is 14.4 Å². The van der Waals surface area contributed by atoms with Crippen molar-refractivity contribution in [3.63, 3.8) is 0 Å². The summed E-state index contributed by atoms with van der Waals surface area (Å²) in [6.45, 7) is 1.78. The number of carbonyl (C=O) groups is 1. The SMILES string of the molecule is Cc1nc2ccc(Cl)cn2c1C(=O)Nc1ccc(Br)cn1. The minimum absolute atomic E-state index is 0.280. The summed E-state index contributed by atoms with van der Waals surface area (Å²) in [6, 6.07) is 7.03. The van der Waals surface area contributed by atoms with Crippen LogP contribution in [-0.4, -0.2) is 20.3 Å². The van der Waals surface area contributed by atoms with Gasteiger partial charge in [0.05, 0.1) is 10.7 Å². The number of amides is 1. The number of anilines is 1. The van der Waals surface area contributed by atoms with Crippen molar-refractivity contribution in [2.24, 2.45) is 0 Å². The topological polar surface area (TPSA) is 59.3 Å². The van der Waals surface area contributed by atoms with Crippen LogP contribution >= 0.6 is 27.5 Å². The largest absolute Gasteiger partial charge is 0.305 e. The quantitative estimate of drug-likeness (QED) is 0.753. The Bertz CT molecular complexity index is 829. The van der Waals surface area contributed by atoms with E-state index in [4.69, 9.17) is 11.6 Å². The number of pyridine rings is 2. The summed E-state index contributed by atoms with van der Waals surface area (Å²) in [5.41, 5.74) is 1.75. The molecule has 0 aliphatic rings. The molecule has 0 aromatic carbocycles. The normalized spacial score (nSPS) is 10.8. The lowest BCUT2D eigenvalue weighted by Crippen LogP contribution is -2.16. The van der Waals surface area contributed by atoms with Gasteiger partial charge in [0.25, 0.3) is 5.91 Å². The van der Waals surface area contributed by atoms with E-state index in [9.17, 15) is 4.79 Å². The fourth-order valence-electron chi connectivity index (χ4n) is 2.04. The van der Waals surface area contributed by atoms with Gasteiger partial charge in [-0.25, -0.2) is 9.97 Å². The van der Waals surface area contributed by atoms with Crippen LogP contribution in [0.4, 0.5) is 5.82 Å². The molecule has 0 atom stereocenters. The zero-order chi connectivity index (χ0) is 15.0. The first kappa shape index (κ1) is 14.0. The van der Waals surface area contributed by atoms with E-state index in [0.29, 0.717) is 27.9 Å². The van der Waals surface area contributed by atoms with Gasteiger partial charge in [-0.05, 0) is 47.1 Å². The molecule has 3 aromatic rings. The number of nitrogens with one attached hydrogen (secondary N) is 1. The zero-order valence-electron chi connectivity index (χ0n) is 11.0. The third-order valence-electron chi connectivity index (χ3n) is 2.94. The van der Waals surface area contributed by atoms with E-state index in [0.717, 1.165) is 4.47 Å². The molecule has 106 valence electrons. The van der Waals surface area contributed by atoms with E-state index in [1.807, 2.05) is 0 Å². The highest BCUT2D eigenvalue weighted by atomic mass is 79.9. The van der Waals surface area contributed by atoms with Gasteiger partial charge in [-0.2, -0.15) is 0 Å². The van der Waals surface area contributed by atoms with Gasteiger partial charge in [-0.3, -0.25) is 9.20 Å². The first-order valence-corrected chi connectivity index (χ1v) is 7.29. The Morgan fingerprint density at radius 1 is 1.33 bits per heavy atom. The predicted octanol–water partition coefficient (Wildman–Crippen LogP) is 3.71. The standard InChI is InChI=1S/C14H10BrClN4O/c1-8-13(20-7-10(16)3-5-12(20)18-8)14(21)19-11-4-2-9(15)6-17-11/h2-7H,1H3,(H,17,19,21). The van der Waals surface area contributed by atoms with Gasteiger partial charge < -0.3 is 5.32 Å². The maximum Gasteiger partial charge on any atom is 0.275 e. The summed E-state index contributed by atoms with van der Waals surface area (Å²) in [5.74, 6) is 0.191. The molecule has 0 unspecified atom stereocenters.